The second kappa shape index (κ2) is 17.0. The molecule has 0 bridgehead atoms. The van der Waals surface area contributed by atoms with Gasteiger partial charge in [0.2, 0.25) is 0 Å². The first-order valence-electron chi connectivity index (χ1n) is 11.4. The summed E-state index contributed by atoms with van der Waals surface area (Å²) in [4.78, 5) is 12.0. The van der Waals surface area contributed by atoms with Crippen molar-refractivity contribution in [3.8, 4) is 0 Å². The molecule has 8 nitrogen and oxygen atoms in total. The van der Waals surface area contributed by atoms with Crippen LogP contribution in [0.5, 0.6) is 0 Å². The van der Waals surface area contributed by atoms with E-state index < -0.39 is 49.2 Å². The molecule has 1 saturated heterocycles. The van der Waals surface area contributed by atoms with Gasteiger partial charge in [0.1, 0.15) is 24.4 Å². The van der Waals surface area contributed by atoms with Gasteiger partial charge in [0, 0.05) is 0 Å². The fraction of sp³-hybridized carbons (Fsp3) is 0.560. The summed E-state index contributed by atoms with van der Waals surface area (Å²) in [6.45, 7) is 1.35. The predicted molar refractivity (Wildman–Crippen MR) is 121 cm³/mol. The van der Waals surface area contributed by atoms with Gasteiger partial charge in [0.25, 0.3) is 0 Å². The maximum absolute atomic E-state index is 12.0. The smallest absolute Gasteiger partial charge is 0.465 e. The molecule has 192 valence electrons. The molecule has 6 atom stereocenters. The number of carbonyl (C=O) groups excluding carboxylic acids is 1. The second-order valence-electron chi connectivity index (χ2n) is 8.17. The molecule has 0 saturated carbocycles. The number of esters is 1. The summed E-state index contributed by atoms with van der Waals surface area (Å²) in [5.74, 6) is -1.00. The SMILES string of the molecule is C[C@H](CO[C@H]1O[C@H](CO)[C@@H](O)[C@H](O)[C@@H]1O)C(=O)OCCCCCc1ccc[cH-]1.[Fe+2].c1cc[cH-]c1. The van der Waals surface area contributed by atoms with Crippen LogP contribution in [0.3, 0.4) is 0 Å². The van der Waals surface area contributed by atoms with E-state index in [-0.39, 0.29) is 23.7 Å². The van der Waals surface area contributed by atoms with Crippen molar-refractivity contribution < 1.29 is 56.5 Å². The zero-order valence-electron chi connectivity index (χ0n) is 19.4. The van der Waals surface area contributed by atoms with E-state index in [1.54, 1.807) is 6.92 Å². The number of rotatable bonds is 11. The average Bonchev–Trinajstić information content (AvgIpc) is 3.56. The molecule has 0 aliphatic carbocycles. The van der Waals surface area contributed by atoms with E-state index in [4.69, 9.17) is 19.3 Å². The Balaban J connectivity index is 0.000000851. The molecular weight excluding hydrogens is 484 g/mol. The van der Waals surface area contributed by atoms with E-state index in [9.17, 15) is 20.1 Å². The first-order chi connectivity index (χ1) is 15.9. The van der Waals surface area contributed by atoms with Crippen molar-refractivity contribution in [2.75, 3.05) is 19.8 Å². The molecule has 0 amide bonds. The molecule has 1 heterocycles. The number of carbonyl (C=O) groups is 1. The standard InChI is InChI=1S/C20H31O8.C5H5.Fe/c1-13(12-27-20-18(24)17(23)16(22)15(11-21)28-20)19(25)26-10-6-2-3-7-14-8-4-5-9-14;1-2-4-5-3-1;/h4-5,8-9,13,15-18,20-24H,2-3,6-7,10-12H2,1H3;1-5H;/q2*-1;+2/t13-,15-,16-,17+,18+,20+;;/m1../s1. The molecule has 1 fully saturated rings. The zero-order chi connectivity index (χ0) is 24.1. The van der Waals surface area contributed by atoms with Gasteiger partial charge >= 0.3 is 23.0 Å². The van der Waals surface area contributed by atoms with Crippen LogP contribution in [0.4, 0.5) is 0 Å². The Morgan fingerprint density at radius 3 is 2.38 bits per heavy atom. The minimum Gasteiger partial charge on any atom is -0.465 e. The molecule has 2 aromatic carbocycles. The van der Waals surface area contributed by atoms with Gasteiger partial charge in [-0.1, -0.05) is 12.8 Å². The van der Waals surface area contributed by atoms with E-state index in [1.807, 2.05) is 42.5 Å². The molecule has 0 radical (unpaired) electrons. The summed E-state index contributed by atoms with van der Waals surface area (Å²) in [7, 11) is 0. The number of aryl methyl sites for hydroxylation is 1. The van der Waals surface area contributed by atoms with Crippen LogP contribution in [0.2, 0.25) is 0 Å². The third kappa shape index (κ3) is 10.4. The third-order valence-corrected chi connectivity index (χ3v) is 5.40. The Hall–Kier alpha value is -1.55. The van der Waals surface area contributed by atoms with Gasteiger partial charge in [-0.3, -0.25) is 4.79 Å². The van der Waals surface area contributed by atoms with Crippen LogP contribution in [0.15, 0.2) is 54.6 Å². The maximum atomic E-state index is 12.0. The monoisotopic (exact) mass is 520 g/mol. The molecule has 1 aliphatic rings. The minimum absolute atomic E-state index is 0. The number of unbranched alkanes of at least 4 members (excludes halogenated alkanes) is 2. The summed E-state index contributed by atoms with van der Waals surface area (Å²) in [5, 5.41) is 38.5. The van der Waals surface area contributed by atoms with Crippen molar-refractivity contribution in [1.82, 2.24) is 0 Å². The fourth-order valence-corrected chi connectivity index (χ4v) is 3.34. The van der Waals surface area contributed by atoms with Crippen molar-refractivity contribution >= 4 is 5.97 Å². The van der Waals surface area contributed by atoms with Crippen molar-refractivity contribution in [3.63, 3.8) is 0 Å². The molecule has 3 rings (SSSR count). The number of aliphatic hydroxyl groups excluding tert-OH is 4. The van der Waals surface area contributed by atoms with E-state index in [1.165, 1.54) is 5.56 Å². The van der Waals surface area contributed by atoms with E-state index in [2.05, 4.69) is 12.1 Å². The minimum atomic E-state index is -1.51. The van der Waals surface area contributed by atoms with Crippen LogP contribution in [0, 0.1) is 5.92 Å². The maximum Gasteiger partial charge on any atom is 2.00 e. The number of ether oxygens (including phenoxy) is 3. The van der Waals surface area contributed by atoms with Crippen molar-refractivity contribution in [2.45, 2.75) is 63.3 Å². The molecule has 2 aromatic rings. The third-order valence-electron chi connectivity index (χ3n) is 5.40. The largest absolute Gasteiger partial charge is 2.00 e. The first-order valence-corrected chi connectivity index (χ1v) is 11.4. The summed E-state index contributed by atoms with van der Waals surface area (Å²) < 4.78 is 15.8. The summed E-state index contributed by atoms with van der Waals surface area (Å²) >= 11 is 0. The van der Waals surface area contributed by atoms with Crippen LogP contribution in [-0.4, -0.2) is 76.9 Å². The van der Waals surface area contributed by atoms with Gasteiger partial charge in [-0.05, 0) is 19.8 Å². The normalized spacial score (nSPS) is 24.9. The molecule has 0 spiro atoms. The summed E-state index contributed by atoms with van der Waals surface area (Å²) in [6, 6.07) is 18.2. The molecule has 9 heteroatoms. The number of aliphatic hydroxyl groups is 4. The molecule has 4 N–H and O–H groups in total. The molecule has 0 unspecified atom stereocenters. The predicted octanol–water partition coefficient (Wildman–Crippen LogP) is 1.52. The topological polar surface area (TPSA) is 126 Å². The van der Waals surface area contributed by atoms with Gasteiger partial charge in [0.05, 0.1) is 25.7 Å². The Morgan fingerprint density at radius 1 is 1.06 bits per heavy atom. The quantitative estimate of drug-likeness (QED) is 0.152. The van der Waals surface area contributed by atoms with Gasteiger partial charge in [-0.25, -0.2) is 24.3 Å². The van der Waals surface area contributed by atoms with Crippen molar-refractivity contribution in [3.05, 3.63) is 60.2 Å². The fourth-order valence-electron chi connectivity index (χ4n) is 3.34. The van der Waals surface area contributed by atoms with Gasteiger partial charge in [-0.15, -0.1) is 0 Å². The van der Waals surface area contributed by atoms with Gasteiger partial charge in [0.15, 0.2) is 6.29 Å². The van der Waals surface area contributed by atoms with Crippen LogP contribution in [0.1, 0.15) is 31.7 Å². The Kier molecular flexibility index (Phi) is 15.2. The van der Waals surface area contributed by atoms with Crippen LogP contribution >= 0.6 is 0 Å². The number of hydrogen-bond donors (Lipinski definition) is 4. The summed E-state index contributed by atoms with van der Waals surface area (Å²) in [6.07, 6.45) is -2.92. The summed E-state index contributed by atoms with van der Waals surface area (Å²) in [5.41, 5.74) is 1.32. The first kappa shape index (κ1) is 30.5. The Morgan fingerprint density at radius 2 is 1.79 bits per heavy atom. The van der Waals surface area contributed by atoms with E-state index in [0.29, 0.717) is 6.61 Å². The average molecular weight is 520 g/mol. The van der Waals surface area contributed by atoms with Crippen molar-refractivity contribution in [2.24, 2.45) is 5.92 Å². The number of hydrogen-bond acceptors (Lipinski definition) is 8. The Bertz CT molecular complexity index is 717. The molecule has 0 aromatic heterocycles. The van der Waals surface area contributed by atoms with Gasteiger partial charge in [-0.2, -0.15) is 35.9 Å². The van der Waals surface area contributed by atoms with Crippen LogP contribution < -0.4 is 0 Å². The second-order valence-corrected chi connectivity index (χ2v) is 8.17. The Labute approximate surface area is 211 Å². The molecule has 1 aliphatic heterocycles. The van der Waals surface area contributed by atoms with E-state index >= 15 is 0 Å². The molecular formula is C25H36FeO8. The zero-order valence-corrected chi connectivity index (χ0v) is 20.5. The molecule has 34 heavy (non-hydrogen) atoms. The van der Waals surface area contributed by atoms with Crippen LogP contribution in [0.25, 0.3) is 0 Å². The van der Waals surface area contributed by atoms with E-state index in [0.717, 1.165) is 25.7 Å². The van der Waals surface area contributed by atoms with Gasteiger partial charge < -0.3 is 34.6 Å². The van der Waals surface area contributed by atoms with Crippen LogP contribution in [-0.2, 0) is 42.5 Å². The van der Waals surface area contributed by atoms with Crippen molar-refractivity contribution in [1.29, 1.82) is 0 Å².